The molecule has 11 heteroatoms. The van der Waals surface area contributed by atoms with Crippen molar-refractivity contribution >= 4 is 49.3 Å². The Balaban J connectivity index is 1.51. The number of aromatic amines is 1. The molecule has 0 aliphatic carbocycles. The monoisotopic (exact) mass is 649 g/mol. The van der Waals surface area contributed by atoms with Gasteiger partial charge in [-0.25, -0.2) is 13.4 Å². The van der Waals surface area contributed by atoms with E-state index in [0.29, 0.717) is 65.5 Å². The molecule has 0 spiro atoms. The van der Waals surface area contributed by atoms with Gasteiger partial charge in [0, 0.05) is 71.9 Å². The summed E-state index contributed by atoms with van der Waals surface area (Å²) in [7, 11) is -0.611. The van der Waals surface area contributed by atoms with E-state index in [1.54, 1.807) is 13.1 Å². The molecule has 6 aromatic rings. The number of carbonyl (C=O) groups excluding carboxylic acids is 1. The number of nitrogens with zero attached hydrogens (tertiary/aromatic N) is 3. The van der Waals surface area contributed by atoms with E-state index in [1.165, 1.54) is 11.4 Å². The van der Waals surface area contributed by atoms with Crippen molar-refractivity contribution in [2.24, 2.45) is 0 Å². The van der Waals surface area contributed by atoms with Crippen molar-refractivity contribution in [3.63, 3.8) is 0 Å². The Morgan fingerprint density at radius 1 is 0.979 bits per heavy atom. The minimum absolute atomic E-state index is 0.316. The van der Waals surface area contributed by atoms with Crippen LogP contribution in [0.2, 0.25) is 0 Å². The second-order valence-electron chi connectivity index (χ2n) is 11.8. The zero-order valence-corrected chi connectivity index (χ0v) is 27.4. The van der Waals surface area contributed by atoms with E-state index in [1.807, 2.05) is 67.6 Å². The number of morpholine rings is 1. The van der Waals surface area contributed by atoms with Crippen LogP contribution in [0.1, 0.15) is 15.9 Å². The molecule has 0 unspecified atom stereocenters. The summed E-state index contributed by atoms with van der Waals surface area (Å²) in [5, 5.41) is 4.38. The summed E-state index contributed by atoms with van der Waals surface area (Å²) in [5.41, 5.74) is 6.82. The number of H-pyrrole nitrogens is 1. The third kappa shape index (κ3) is 5.72. The van der Waals surface area contributed by atoms with E-state index in [0.717, 1.165) is 45.4 Å². The van der Waals surface area contributed by atoms with Gasteiger partial charge in [-0.3, -0.25) is 9.10 Å². The summed E-state index contributed by atoms with van der Waals surface area (Å²) in [6.07, 6.45) is 1.16. The van der Waals surface area contributed by atoms with Crippen LogP contribution < -0.4 is 14.5 Å². The van der Waals surface area contributed by atoms with Crippen LogP contribution in [0.3, 0.4) is 0 Å². The summed E-state index contributed by atoms with van der Waals surface area (Å²) in [4.78, 5) is 24.2. The molecule has 240 valence electrons. The van der Waals surface area contributed by atoms with Crippen molar-refractivity contribution in [1.29, 1.82) is 0 Å². The molecule has 4 heterocycles. The first-order valence-electron chi connectivity index (χ1n) is 15.4. The van der Waals surface area contributed by atoms with Crippen molar-refractivity contribution in [2.45, 2.75) is 6.92 Å². The highest BCUT2D eigenvalue weighted by atomic mass is 32.2. The van der Waals surface area contributed by atoms with Crippen molar-refractivity contribution < 1.29 is 22.4 Å². The number of fused-ring (bicyclic) bond motifs is 2. The summed E-state index contributed by atoms with van der Waals surface area (Å²) >= 11 is 0. The topological polar surface area (TPSA) is 121 Å². The normalized spacial score (nSPS) is 13.7. The zero-order chi connectivity index (χ0) is 32.9. The van der Waals surface area contributed by atoms with Crippen LogP contribution in [0, 0.1) is 6.92 Å². The van der Waals surface area contributed by atoms with Crippen LogP contribution in [-0.2, 0) is 14.8 Å². The molecular formula is C36H35N5O5S. The van der Waals surface area contributed by atoms with E-state index >= 15 is 0 Å². The Labute approximate surface area is 273 Å². The maximum absolute atomic E-state index is 13.4. The summed E-state index contributed by atoms with van der Waals surface area (Å²) in [5.74, 6) is 0.827. The first-order valence-corrected chi connectivity index (χ1v) is 17.2. The highest BCUT2D eigenvalue weighted by Gasteiger charge is 2.27. The van der Waals surface area contributed by atoms with Gasteiger partial charge in [0.15, 0.2) is 0 Å². The number of amides is 1. The molecule has 1 aliphatic heterocycles. The van der Waals surface area contributed by atoms with Crippen LogP contribution in [0.5, 0.6) is 0 Å². The number of hydrogen-bond acceptors (Lipinski definition) is 7. The lowest BCUT2D eigenvalue weighted by Gasteiger charge is -2.29. The number of furan rings is 1. The number of benzene rings is 3. The lowest BCUT2D eigenvalue weighted by molar-refractivity contribution is 0.0964. The van der Waals surface area contributed by atoms with Crippen LogP contribution in [0.25, 0.3) is 55.7 Å². The van der Waals surface area contributed by atoms with Crippen LogP contribution in [0.4, 0.5) is 11.5 Å². The smallest absolute Gasteiger partial charge is 0.255 e. The number of nitrogens with one attached hydrogen (secondary N) is 2. The van der Waals surface area contributed by atoms with Gasteiger partial charge in [-0.15, -0.1) is 0 Å². The van der Waals surface area contributed by atoms with Gasteiger partial charge in [-0.2, -0.15) is 0 Å². The molecule has 0 saturated carbocycles. The van der Waals surface area contributed by atoms with E-state index < -0.39 is 10.0 Å². The standard InChI is InChI=1S/C36H35N5O5S/c1-22-9-11-23(12-10-22)35-34(36(42)37-2)27-20-26(31(21-32(27)46-35)40(3)47(4,43)44)30-18-25(19-33(39-30)41-13-15-45-16-14-41)29-17-24-7-5-6-8-28(24)38-29/h5-12,17-21,38H,13-16H2,1-4H3,(H,37,42). The number of hydrogen-bond donors (Lipinski definition) is 2. The van der Waals surface area contributed by atoms with Crippen molar-refractivity contribution in [3.05, 3.63) is 90.0 Å². The number of carbonyl (C=O) groups is 1. The second kappa shape index (κ2) is 11.9. The van der Waals surface area contributed by atoms with E-state index in [-0.39, 0.29) is 5.91 Å². The van der Waals surface area contributed by atoms with Crippen LogP contribution >= 0.6 is 0 Å². The van der Waals surface area contributed by atoms with Crippen molar-refractivity contribution in [3.8, 4) is 33.8 Å². The minimum atomic E-state index is -3.69. The molecular weight excluding hydrogens is 614 g/mol. The van der Waals surface area contributed by atoms with E-state index in [2.05, 4.69) is 27.3 Å². The van der Waals surface area contributed by atoms with Gasteiger partial charge in [-0.05, 0) is 37.3 Å². The minimum Gasteiger partial charge on any atom is -0.455 e. The molecule has 7 rings (SSSR count). The molecule has 2 N–H and O–H groups in total. The molecule has 1 saturated heterocycles. The maximum Gasteiger partial charge on any atom is 0.255 e. The molecule has 1 aliphatic rings. The molecule has 0 atom stereocenters. The summed E-state index contributed by atoms with van der Waals surface area (Å²) in [6, 6.07) is 25.4. The third-order valence-electron chi connectivity index (χ3n) is 8.67. The number of anilines is 2. The molecule has 0 radical (unpaired) electrons. The quantitative estimate of drug-likeness (QED) is 0.211. The van der Waals surface area contributed by atoms with Gasteiger partial charge < -0.3 is 24.4 Å². The molecule has 3 aromatic heterocycles. The number of aryl methyl sites for hydroxylation is 1. The Kier molecular flexibility index (Phi) is 7.73. The second-order valence-corrected chi connectivity index (χ2v) is 13.8. The fourth-order valence-electron chi connectivity index (χ4n) is 6.03. The van der Waals surface area contributed by atoms with Gasteiger partial charge in [0.1, 0.15) is 17.2 Å². The van der Waals surface area contributed by atoms with Crippen LogP contribution in [-0.4, -0.2) is 70.9 Å². The van der Waals surface area contributed by atoms with E-state index in [9.17, 15) is 13.2 Å². The van der Waals surface area contributed by atoms with Gasteiger partial charge in [-0.1, -0.05) is 48.0 Å². The Morgan fingerprint density at radius 2 is 1.72 bits per heavy atom. The predicted molar refractivity (Wildman–Crippen MR) is 187 cm³/mol. The average Bonchev–Trinajstić information content (AvgIpc) is 3.69. The summed E-state index contributed by atoms with van der Waals surface area (Å²) < 4.78 is 39.2. The molecule has 3 aromatic carbocycles. The number of sulfonamides is 1. The van der Waals surface area contributed by atoms with Crippen LogP contribution in [0.15, 0.2) is 83.3 Å². The first kappa shape index (κ1) is 30.5. The number of rotatable bonds is 7. The van der Waals surface area contributed by atoms with Gasteiger partial charge in [0.05, 0.1) is 36.4 Å². The maximum atomic E-state index is 13.4. The number of ether oxygens (including phenoxy) is 1. The fourth-order valence-corrected chi connectivity index (χ4v) is 6.54. The third-order valence-corrected chi connectivity index (χ3v) is 9.87. The molecule has 0 bridgehead atoms. The zero-order valence-electron chi connectivity index (χ0n) is 26.6. The SMILES string of the molecule is CNC(=O)c1c(-c2ccc(C)cc2)oc2cc(N(C)S(C)(=O)=O)c(-c3cc(-c4cc5ccccc5[nH]4)cc(N4CCOCC4)n3)cc12. The molecule has 10 nitrogen and oxygen atoms in total. The lowest BCUT2D eigenvalue weighted by atomic mass is 9.99. The van der Waals surface area contributed by atoms with Gasteiger partial charge in [0.25, 0.3) is 5.91 Å². The highest BCUT2D eigenvalue weighted by Crippen LogP contribution is 2.42. The first-order chi connectivity index (χ1) is 22.6. The predicted octanol–water partition coefficient (Wildman–Crippen LogP) is 6.21. The Bertz CT molecular complexity index is 2220. The number of para-hydroxylation sites is 1. The molecule has 1 fully saturated rings. The molecule has 1 amide bonds. The fraction of sp³-hybridized carbons (Fsp3) is 0.222. The van der Waals surface area contributed by atoms with E-state index in [4.69, 9.17) is 14.1 Å². The Morgan fingerprint density at radius 3 is 2.43 bits per heavy atom. The van der Waals surface area contributed by atoms with Gasteiger partial charge in [0.2, 0.25) is 10.0 Å². The number of aromatic nitrogens is 2. The molecule has 47 heavy (non-hydrogen) atoms. The average molecular weight is 650 g/mol. The summed E-state index contributed by atoms with van der Waals surface area (Å²) in [6.45, 7) is 4.48. The number of pyridine rings is 1. The van der Waals surface area contributed by atoms with Crippen molar-refractivity contribution in [1.82, 2.24) is 15.3 Å². The highest BCUT2D eigenvalue weighted by molar-refractivity contribution is 7.92. The largest absolute Gasteiger partial charge is 0.455 e. The van der Waals surface area contributed by atoms with Crippen molar-refractivity contribution in [2.75, 3.05) is 55.9 Å². The van der Waals surface area contributed by atoms with Gasteiger partial charge >= 0.3 is 0 Å². The lowest BCUT2D eigenvalue weighted by Crippen LogP contribution is -2.36. The Hall–Kier alpha value is -5.13.